The lowest BCUT2D eigenvalue weighted by atomic mass is 10.0. The molecule has 1 aromatic carbocycles. The Hall–Kier alpha value is -0.930. The first-order chi connectivity index (χ1) is 5.65. The van der Waals surface area contributed by atoms with E-state index in [0.717, 1.165) is 6.42 Å². The number of halogens is 1. The highest BCUT2D eigenvalue weighted by molar-refractivity contribution is 5.85. The van der Waals surface area contributed by atoms with Crippen molar-refractivity contribution in [3.63, 3.8) is 0 Å². The molecule has 1 atom stereocenters. The Bertz CT molecular complexity index is 278. The maximum atomic E-state index is 9.35. The van der Waals surface area contributed by atoms with Crippen LogP contribution in [0.25, 0.3) is 0 Å². The molecule has 0 aliphatic rings. The molecule has 0 radical (unpaired) electrons. The van der Waals surface area contributed by atoms with Gasteiger partial charge in [-0.3, -0.25) is 0 Å². The van der Waals surface area contributed by atoms with E-state index in [1.165, 1.54) is 18.2 Å². The second-order valence-corrected chi connectivity index (χ2v) is 2.76. The molecule has 0 saturated carbocycles. The molecular formula is C9H14ClNO2. The summed E-state index contributed by atoms with van der Waals surface area (Å²) in [5, 5.41) is 18.5. The Balaban J connectivity index is 0.00000144. The van der Waals surface area contributed by atoms with Gasteiger partial charge in [0, 0.05) is 11.6 Å². The van der Waals surface area contributed by atoms with Crippen LogP contribution in [0.2, 0.25) is 0 Å². The van der Waals surface area contributed by atoms with Gasteiger partial charge < -0.3 is 15.9 Å². The van der Waals surface area contributed by atoms with Gasteiger partial charge in [0.2, 0.25) is 0 Å². The minimum absolute atomic E-state index is 0. The first-order valence-corrected chi connectivity index (χ1v) is 3.92. The highest BCUT2D eigenvalue weighted by atomic mass is 35.5. The lowest BCUT2D eigenvalue weighted by Gasteiger charge is -2.10. The van der Waals surface area contributed by atoms with Crippen LogP contribution in [0.5, 0.6) is 11.5 Å². The van der Waals surface area contributed by atoms with Crippen molar-refractivity contribution < 1.29 is 10.2 Å². The summed E-state index contributed by atoms with van der Waals surface area (Å²) in [5.41, 5.74) is 6.29. The molecule has 4 heteroatoms. The third-order valence-corrected chi connectivity index (χ3v) is 1.85. The summed E-state index contributed by atoms with van der Waals surface area (Å²) in [5.74, 6) is 0.272. The van der Waals surface area contributed by atoms with Crippen molar-refractivity contribution in [1.29, 1.82) is 0 Å². The first kappa shape index (κ1) is 12.1. The minimum Gasteiger partial charge on any atom is -0.508 e. The standard InChI is InChI=1S/C9H13NO2.ClH/c1-2-8(10)7-5-6(11)3-4-9(7)12;/h3-5,8,11-12H,2,10H2,1H3;1H/t8-;/m1./s1. The van der Waals surface area contributed by atoms with Crippen molar-refractivity contribution in [1.82, 2.24) is 0 Å². The van der Waals surface area contributed by atoms with Gasteiger partial charge in [-0.05, 0) is 24.6 Å². The molecule has 0 amide bonds. The number of hydrogen-bond acceptors (Lipinski definition) is 3. The normalized spacial score (nSPS) is 11.8. The monoisotopic (exact) mass is 203 g/mol. The highest BCUT2D eigenvalue weighted by Crippen LogP contribution is 2.27. The SMILES string of the molecule is CC[C@@H](N)c1cc(O)ccc1O.Cl. The number of benzene rings is 1. The lowest BCUT2D eigenvalue weighted by Crippen LogP contribution is -2.08. The quantitative estimate of drug-likeness (QED) is 0.644. The van der Waals surface area contributed by atoms with E-state index in [9.17, 15) is 5.11 Å². The fourth-order valence-corrected chi connectivity index (χ4v) is 1.06. The fraction of sp³-hybridized carbons (Fsp3) is 0.333. The average Bonchev–Trinajstić information content (AvgIpc) is 2.08. The second-order valence-electron chi connectivity index (χ2n) is 2.76. The summed E-state index contributed by atoms with van der Waals surface area (Å²) in [4.78, 5) is 0. The molecule has 0 aliphatic carbocycles. The van der Waals surface area contributed by atoms with E-state index < -0.39 is 0 Å². The molecular weight excluding hydrogens is 190 g/mol. The van der Waals surface area contributed by atoms with E-state index in [-0.39, 0.29) is 29.9 Å². The highest BCUT2D eigenvalue weighted by Gasteiger charge is 2.08. The van der Waals surface area contributed by atoms with Crippen LogP contribution in [0, 0.1) is 0 Å². The van der Waals surface area contributed by atoms with E-state index in [1.54, 1.807) is 0 Å². The van der Waals surface area contributed by atoms with Crippen LogP contribution in [-0.4, -0.2) is 10.2 Å². The average molecular weight is 204 g/mol. The molecule has 1 rings (SSSR count). The maximum Gasteiger partial charge on any atom is 0.120 e. The predicted octanol–water partition coefficient (Wildman–Crippen LogP) is 1.93. The molecule has 0 fully saturated rings. The Morgan fingerprint density at radius 3 is 2.54 bits per heavy atom. The van der Waals surface area contributed by atoms with Crippen molar-refractivity contribution >= 4 is 12.4 Å². The molecule has 0 unspecified atom stereocenters. The molecule has 1 aromatic rings. The molecule has 0 spiro atoms. The van der Waals surface area contributed by atoms with Gasteiger partial charge in [-0.15, -0.1) is 12.4 Å². The van der Waals surface area contributed by atoms with Crippen molar-refractivity contribution in [2.75, 3.05) is 0 Å². The predicted molar refractivity (Wildman–Crippen MR) is 54.2 cm³/mol. The van der Waals surface area contributed by atoms with Crippen LogP contribution in [-0.2, 0) is 0 Å². The summed E-state index contributed by atoms with van der Waals surface area (Å²) in [6.07, 6.45) is 0.733. The molecule has 0 aromatic heterocycles. The largest absolute Gasteiger partial charge is 0.508 e. The van der Waals surface area contributed by atoms with Crippen molar-refractivity contribution in [2.45, 2.75) is 19.4 Å². The van der Waals surface area contributed by atoms with Gasteiger partial charge >= 0.3 is 0 Å². The number of rotatable bonds is 2. The van der Waals surface area contributed by atoms with Gasteiger partial charge in [0.1, 0.15) is 11.5 Å². The van der Waals surface area contributed by atoms with Crippen LogP contribution in [0.1, 0.15) is 24.9 Å². The molecule has 74 valence electrons. The number of nitrogens with two attached hydrogens (primary N) is 1. The van der Waals surface area contributed by atoms with Crippen LogP contribution >= 0.6 is 12.4 Å². The molecule has 4 N–H and O–H groups in total. The van der Waals surface area contributed by atoms with Crippen LogP contribution < -0.4 is 5.73 Å². The van der Waals surface area contributed by atoms with Gasteiger partial charge in [0.15, 0.2) is 0 Å². The topological polar surface area (TPSA) is 66.5 Å². The zero-order chi connectivity index (χ0) is 9.14. The number of phenols is 2. The van der Waals surface area contributed by atoms with E-state index in [2.05, 4.69) is 0 Å². The summed E-state index contributed by atoms with van der Waals surface area (Å²) >= 11 is 0. The maximum absolute atomic E-state index is 9.35. The zero-order valence-electron chi connectivity index (χ0n) is 7.40. The second kappa shape index (κ2) is 4.94. The first-order valence-electron chi connectivity index (χ1n) is 3.92. The summed E-state index contributed by atoms with van der Waals surface area (Å²) < 4.78 is 0. The molecule has 3 nitrogen and oxygen atoms in total. The Labute approximate surface area is 83.6 Å². The van der Waals surface area contributed by atoms with Gasteiger partial charge in [-0.2, -0.15) is 0 Å². The Kier molecular flexibility index (Phi) is 4.59. The third kappa shape index (κ3) is 2.79. The number of hydrogen-bond donors (Lipinski definition) is 3. The van der Waals surface area contributed by atoms with Gasteiger partial charge in [-0.1, -0.05) is 6.92 Å². The van der Waals surface area contributed by atoms with Crippen LogP contribution in [0.15, 0.2) is 18.2 Å². The van der Waals surface area contributed by atoms with Crippen LogP contribution in [0.3, 0.4) is 0 Å². The fourth-order valence-electron chi connectivity index (χ4n) is 1.06. The zero-order valence-corrected chi connectivity index (χ0v) is 8.21. The third-order valence-electron chi connectivity index (χ3n) is 1.85. The lowest BCUT2D eigenvalue weighted by molar-refractivity contribution is 0.447. The number of aromatic hydroxyl groups is 2. The van der Waals surface area contributed by atoms with Gasteiger partial charge in [-0.25, -0.2) is 0 Å². The summed E-state index contributed by atoms with van der Waals surface area (Å²) in [7, 11) is 0. The summed E-state index contributed by atoms with van der Waals surface area (Å²) in [6, 6.07) is 4.15. The smallest absolute Gasteiger partial charge is 0.120 e. The minimum atomic E-state index is -0.211. The van der Waals surface area contributed by atoms with Crippen LogP contribution in [0.4, 0.5) is 0 Å². The van der Waals surface area contributed by atoms with Gasteiger partial charge in [0.25, 0.3) is 0 Å². The molecule has 0 heterocycles. The molecule has 0 bridgehead atoms. The molecule has 0 aliphatic heterocycles. The number of phenolic OH excluding ortho intramolecular Hbond substituents is 2. The molecule has 0 saturated heterocycles. The summed E-state index contributed by atoms with van der Waals surface area (Å²) in [6.45, 7) is 1.92. The van der Waals surface area contributed by atoms with E-state index in [4.69, 9.17) is 10.8 Å². The van der Waals surface area contributed by atoms with Gasteiger partial charge in [0.05, 0.1) is 0 Å². The Morgan fingerprint density at radius 1 is 1.38 bits per heavy atom. The van der Waals surface area contributed by atoms with Crippen molar-refractivity contribution in [3.05, 3.63) is 23.8 Å². The molecule has 13 heavy (non-hydrogen) atoms. The Morgan fingerprint density at radius 2 is 2.00 bits per heavy atom. The van der Waals surface area contributed by atoms with Crippen molar-refractivity contribution in [3.8, 4) is 11.5 Å². The van der Waals surface area contributed by atoms with Crippen molar-refractivity contribution in [2.24, 2.45) is 5.73 Å². The van der Waals surface area contributed by atoms with E-state index in [0.29, 0.717) is 5.56 Å². The van der Waals surface area contributed by atoms with E-state index >= 15 is 0 Å². The van der Waals surface area contributed by atoms with E-state index in [1.807, 2.05) is 6.92 Å².